The minimum absolute atomic E-state index is 0.367. The summed E-state index contributed by atoms with van der Waals surface area (Å²) < 4.78 is 0. The first-order valence-corrected chi connectivity index (χ1v) is 5.98. The summed E-state index contributed by atoms with van der Waals surface area (Å²) in [6, 6.07) is 0. The van der Waals surface area contributed by atoms with Crippen LogP contribution in [-0.2, 0) is 0 Å². The number of hydrogen-bond acceptors (Lipinski definition) is 4. The van der Waals surface area contributed by atoms with Gasteiger partial charge < -0.3 is 9.80 Å². The van der Waals surface area contributed by atoms with Crippen LogP contribution >= 0.6 is 0 Å². The minimum Gasteiger partial charge on any atom is -0.334 e. The summed E-state index contributed by atoms with van der Waals surface area (Å²) in [6.45, 7) is 12.5. The molecule has 1 aromatic heterocycles. The van der Waals surface area contributed by atoms with Gasteiger partial charge >= 0.3 is 0 Å². The minimum atomic E-state index is 0.367. The van der Waals surface area contributed by atoms with Gasteiger partial charge in [-0.3, -0.25) is 0 Å². The second-order valence-electron chi connectivity index (χ2n) is 4.25. The lowest BCUT2D eigenvalue weighted by Gasteiger charge is -2.27. The van der Waals surface area contributed by atoms with Crippen LogP contribution in [0.1, 0.15) is 32.2 Å². The average Bonchev–Trinajstić information content (AvgIpc) is 2.50. The van der Waals surface area contributed by atoms with Gasteiger partial charge in [0.2, 0.25) is 0 Å². The quantitative estimate of drug-likeness (QED) is 0.764. The number of anilines is 2. The topological polar surface area (TPSA) is 32.3 Å². The third kappa shape index (κ3) is 1.44. The highest BCUT2D eigenvalue weighted by Crippen LogP contribution is 2.36. The van der Waals surface area contributed by atoms with E-state index in [4.69, 9.17) is 0 Å². The summed E-state index contributed by atoms with van der Waals surface area (Å²) in [5.74, 6) is 2.08. The van der Waals surface area contributed by atoms with Gasteiger partial charge in [-0.2, -0.15) is 0 Å². The summed E-state index contributed by atoms with van der Waals surface area (Å²) in [6.07, 6.45) is 0.367. The van der Waals surface area contributed by atoms with Crippen LogP contribution in [0, 0.1) is 13.8 Å². The molecule has 0 N–H and O–H groups in total. The van der Waals surface area contributed by atoms with Crippen LogP contribution in [0.15, 0.2) is 0 Å². The molecule has 0 unspecified atom stereocenters. The Morgan fingerprint density at radius 3 is 1.62 bits per heavy atom. The number of fused-ring (bicyclic) bond motifs is 1. The van der Waals surface area contributed by atoms with Crippen LogP contribution in [0.25, 0.3) is 0 Å². The van der Waals surface area contributed by atoms with E-state index >= 15 is 0 Å². The molecule has 2 rings (SSSR count). The Kier molecular flexibility index (Phi) is 2.74. The van der Waals surface area contributed by atoms with Gasteiger partial charge in [-0.25, -0.2) is 9.97 Å². The summed E-state index contributed by atoms with van der Waals surface area (Å²) in [5, 5.41) is 0. The maximum Gasteiger partial charge on any atom is 0.173 e. The molecule has 0 radical (unpaired) electrons. The Labute approximate surface area is 97.3 Å². The first kappa shape index (κ1) is 11.2. The standard InChI is InChI=1S/C12H20N4/c1-6-15-10(5)16(7-2)12-11(15)13-8(3)9(4)14-12/h10H,6-7H2,1-5H3. The van der Waals surface area contributed by atoms with Crippen molar-refractivity contribution in [3.63, 3.8) is 0 Å². The van der Waals surface area contributed by atoms with E-state index in [-0.39, 0.29) is 0 Å². The van der Waals surface area contributed by atoms with E-state index in [1.807, 2.05) is 13.8 Å². The molecule has 4 nitrogen and oxygen atoms in total. The average molecular weight is 220 g/mol. The molecule has 0 aromatic carbocycles. The van der Waals surface area contributed by atoms with Gasteiger partial charge in [-0.1, -0.05) is 0 Å². The van der Waals surface area contributed by atoms with Crippen molar-refractivity contribution in [2.45, 2.75) is 40.8 Å². The van der Waals surface area contributed by atoms with E-state index in [9.17, 15) is 0 Å². The molecule has 16 heavy (non-hydrogen) atoms. The van der Waals surface area contributed by atoms with Crippen LogP contribution < -0.4 is 9.80 Å². The zero-order valence-corrected chi connectivity index (χ0v) is 10.8. The summed E-state index contributed by atoms with van der Waals surface area (Å²) in [5.41, 5.74) is 2.06. The predicted octanol–water partition coefficient (Wildman–Crippen LogP) is 2.11. The van der Waals surface area contributed by atoms with Crippen molar-refractivity contribution < 1.29 is 0 Å². The molecule has 4 heteroatoms. The van der Waals surface area contributed by atoms with Gasteiger partial charge in [0.1, 0.15) is 6.17 Å². The van der Waals surface area contributed by atoms with Crippen LogP contribution in [0.2, 0.25) is 0 Å². The van der Waals surface area contributed by atoms with Gasteiger partial charge in [0.25, 0.3) is 0 Å². The zero-order valence-electron chi connectivity index (χ0n) is 10.8. The van der Waals surface area contributed by atoms with Crippen molar-refractivity contribution in [1.82, 2.24) is 9.97 Å². The van der Waals surface area contributed by atoms with Gasteiger partial charge in [0.05, 0.1) is 11.4 Å². The van der Waals surface area contributed by atoms with Crippen LogP contribution in [-0.4, -0.2) is 29.2 Å². The lowest BCUT2D eigenvalue weighted by Crippen LogP contribution is -2.40. The second-order valence-corrected chi connectivity index (χ2v) is 4.25. The number of hydrogen-bond donors (Lipinski definition) is 0. The fraction of sp³-hybridized carbons (Fsp3) is 0.667. The van der Waals surface area contributed by atoms with E-state index in [1.54, 1.807) is 0 Å². The van der Waals surface area contributed by atoms with Crippen molar-refractivity contribution in [2.24, 2.45) is 0 Å². The Morgan fingerprint density at radius 1 is 0.938 bits per heavy atom. The number of aryl methyl sites for hydroxylation is 2. The first-order valence-electron chi connectivity index (χ1n) is 5.98. The van der Waals surface area contributed by atoms with Crippen molar-refractivity contribution in [1.29, 1.82) is 0 Å². The SMILES string of the molecule is CCN1c2nc(C)c(C)nc2N(CC)C1C. The van der Waals surface area contributed by atoms with Gasteiger partial charge in [0, 0.05) is 13.1 Å². The van der Waals surface area contributed by atoms with E-state index in [0.717, 1.165) is 36.1 Å². The number of aromatic nitrogens is 2. The molecule has 0 saturated heterocycles. The Hall–Kier alpha value is -1.32. The maximum atomic E-state index is 4.68. The molecule has 1 aliphatic heterocycles. The van der Waals surface area contributed by atoms with Crippen LogP contribution in [0.3, 0.4) is 0 Å². The van der Waals surface area contributed by atoms with Crippen LogP contribution in [0.4, 0.5) is 11.6 Å². The predicted molar refractivity (Wildman–Crippen MR) is 67.0 cm³/mol. The molecule has 1 aliphatic rings. The van der Waals surface area contributed by atoms with Crippen molar-refractivity contribution in [2.75, 3.05) is 22.9 Å². The summed E-state index contributed by atoms with van der Waals surface area (Å²) in [4.78, 5) is 14.0. The largest absolute Gasteiger partial charge is 0.334 e. The van der Waals surface area contributed by atoms with E-state index in [1.165, 1.54) is 0 Å². The van der Waals surface area contributed by atoms with E-state index in [0.29, 0.717) is 6.17 Å². The summed E-state index contributed by atoms with van der Waals surface area (Å²) >= 11 is 0. The molecule has 0 fully saturated rings. The number of nitrogens with zero attached hydrogens (tertiary/aromatic N) is 4. The summed E-state index contributed by atoms with van der Waals surface area (Å²) in [7, 11) is 0. The smallest absolute Gasteiger partial charge is 0.173 e. The Balaban J connectivity index is 2.54. The highest BCUT2D eigenvalue weighted by atomic mass is 15.5. The lowest BCUT2D eigenvalue weighted by molar-refractivity contribution is 0.638. The maximum absolute atomic E-state index is 4.68. The molecule has 0 amide bonds. The normalized spacial score (nSPS) is 15.8. The highest BCUT2D eigenvalue weighted by Gasteiger charge is 2.33. The third-order valence-electron chi connectivity index (χ3n) is 3.40. The van der Waals surface area contributed by atoms with E-state index < -0.39 is 0 Å². The molecule has 0 saturated carbocycles. The van der Waals surface area contributed by atoms with E-state index in [2.05, 4.69) is 40.5 Å². The third-order valence-corrected chi connectivity index (χ3v) is 3.40. The molecule has 0 spiro atoms. The lowest BCUT2D eigenvalue weighted by atomic mass is 10.3. The Bertz CT molecular complexity index is 365. The first-order chi connectivity index (χ1) is 7.60. The van der Waals surface area contributed by atoms with Crippen molar-refractivity contribution >= 4 is 11.6 Å². The molecule has 1 aromatic rings. The molecular formula is C12H20N4. The fourth-order valence-corrected chi connectivity index (χ4v) is 2.32. The number of rotatable bonds is 2. The van der Waals surface area contributed by atoms with Crippen LogP contribution in [0.5, 0.6) is 0 Å². The van der Waals surface area contributed by atoms with Gasteiger partial charge in [-0.05, 0) is 34.6 Å². The van der Waals surface area contributed by atoms with Crippen molar-refractivity contribution in [3.8, 4) is 0 Å². The monoisotopic (exact) mass is 220 g/mol. The molecule has 0 bridgehead atoms. The highest BCUT2D eigenvalue weighted by molar-refractivity contribution is 5.70. The van der Waals surface area contributed by atoms with Gasteiger partial charge in [-0.15, -0.1) is 0 Å². The van der Waals surface area contributed by atoms with Crippen molar-refractivity contribution in [3.05, 3.63) is 11.4 Å². The molecule has 0 aliphatic carbocycles. The second kappa shape index (κ2) is 3.92. The molecule has 88 valence electrons. The zero-order chi connectivity index (χ0) is 11.9. The fourth-order valence-electron chi connectivity index (χ4n) is 2.32. The molecule has 2 heterocycles. The molecule has 0 atom stereocenters. The molecular weight excluding hydrogens is 200 g/mol. The van der Waals surface area contributed by atoms with Gasteiger partial charge in [0.15, 0.2) is 11.6 Å². The Morgan fingerprint density at radius 2 is 1.31 bits per heavy atom.